The maximum Gasteiger partial charge on any atom is 0.203 e. The first-order chi connectivity index (χ1) is 22.9. The Morgan fingerprint density at radius 2 is 0.766 bits per heavy atom. The smallest absolute Gasteiger partial charge is 0.203 e. The van der Waals surface area contributed by atoms with Crippen LogP contribution in [0.1, 0.15) is 135 Å². The van der Waals surface area contributed by atoms with Crippen LogP contribution < -0.4 is 28.4 Å². The first kappa shape index (κ1) is 39.6. The van der Waals surface area contributed by atoms with E-state index in [9.17, 15) is 9.90 Å². The van der Waals surface area contributed by atoms with E-state index in [1.165, 1.54) is 6.08 Å². The summed E-state index contributed by atoms with van der Waals surface area (Å²) in [6.07, 6.45) is 12.3. The molecule has 0 saturated heterocycles. The third kappa shape index (κ3) is 14.0. The Morgan fingerprint density at radius 1 is 0.489 bits per heavy atom. The Bertz CT molecular complexity index is 1140. The van der Waals surface area contributed by atoms with Crippen molar-refractivity contribution in [2.24, 2.45) is 0 Å². The number of aliphatic hydroxyl groups is 1. The van der Waals surface area contributed by atoms with Crippen molar-refractivity contribution in [3.05, 3.63) is 41.5 Å². The van der Waals surface area contributed by atoms with Crippen molar-refractivity contribution in [1.82, 2.24) is 0 Å². The largest absolute Gasteiger partial charge is 0.507 e. The van der Waals surface area contributed by atoms with Gasteiger partial charge in [0, 0.05) is 17.2 Å². The second kappa shape index (κ2) is 23.7. The quantitative estimate of drug-likeness (QED) is 0.0439. The van der Waals surface area contributed by atoms with Gasteiger partial charge >= 0.3 is 0 Å². The molecular weight excluding hydrogens is 596 g/mol. The Balaban J connectivity index is 2.57. The molecule has 0 aromatic heterocycles. The standard InChI is InChI=1S/C39H60O8/c1-7-13-19-42-34-25-30(26-35(43-20-14-8-2)38(34)46-23-17-11-5)32(40)29-33(41)31-27-36(44-21-15-9-3)39(47-24-18-12-6)37(28-31)45-22-16-10-4/h25-29,40H,7-24H2,1-6H3/b32-29-. The number of allylic oxidation sites excluding steroid dienone is 1. The molecule has 47 heavy (non-hydrogen) atoms. The van der Waals surface area contributed by atoms with Crippen LogP contribution in [0.25, 0.3) is 5.76 Å². The highest BCUT2D eigenvalue weighted by Gasteiger charge is 2.21. The lowest BCUT2D eigenvalue weighted by Gasteiger charge is -2.19. The molecule has 0 aliphatic heterocycles. The van der Waals surface area contributed by atoms with Gasteiger partial charge in [-0.15, -0.1) is 0 Å². The molecule has 1 N–H and O–H groups in total. The Labute approximate surface area is 283 Å². The highest BCUT2D eigenvalue weighted by Crippen LogP contribution is 2.42. The van der Waals surface area contributed by atoms with E-state index in [1.807, 2.05) is 0 Å². The molecule has 2 aromatic carbocycles. The summed E-state index contributed by atoms with van der Waals surface area (Å²) in [6, 6.07) is 6.79. The molecule has 0 unspecified atom stereocenters. The number of carbonyl (C=O) groups is 1. The molecule has 0 aliphatic rings. The van der Waals surface area contributed by atoms with Gasteiger partial charge in [0.25, 0.3) is 0 Å². The van der Waals surface area contributed by atoms with E-state index >= 15 is 0 Å². The molecule has 0 heterocycles. The van der Waals surface area contributed by atoms with Gasteiger partial charge in [0.2, 0.25) is 11.5 Å². The minimum Gasteiger partial charge on any atom is -0.507 e. The van der Waals surface area contributed by atoms with Gasteiger partial charge in [0.05, 0.1) is 39.6 Å². The zero-order valence-electron chi connectivity index (χ0n) is 29.9. The molecule has 2 aromatic rings. The van der Waals surface area contributed by atoms with Crippen LogP contribution in [-0.4, -0.2) is 50.5 Å². The Hall–Kier alpha value is -3.55. The molecule has 0 saturated carbocycles. The molecule has 0 spiro atoms. The van der Waals surface area contributed by atoms with E-state index in [2.05, 4.69) is 41.5 Å². The van der Waals surface area contributed by atoms with Crippen LogP contribution in [0.4, 0.5) is 0 Å². The average molecular weight is 657 g/mol. The monoisotopic (exact) mass is 656 g/mol. The molecule has 0 amide bonds. The molecule has 264 valence electrons. The molecule has 0 atom stereocenters. The number of ether oxygens (including phenoxy) is 6. The lowest BCUT2D eigenvalue weighted by molar-refractivity contribution is 0.104. The van der Waals surface area contributed by atoms with Crippen molar-refractivity contribution in [3.8, 4) is 34.5 Å². The fraction of sp³-hybridized carbons (Fsp3) is 0.615. The van der Waals surface area contributed by atoms with Gasteiger partial charge < -0.3 is 33.5 Å². The van der Waals surface area contributed by atoms with E-state index in [1.54, 1.807) is 24.3 Å². The minimum absolute atomic E-state index is 0.207. The zero-order valence-corrected chi connectivity index (χ0v) is 29.9. The maximum atomic E-state index is 13.7. The lowest BCUT2D eigenvalue weighted by Crippen LogP contribution is -2.08. The summed E-state index contributed by atoms with van der Waals surface area (Å²) in [5.41, 5.74) is 0.730. The van der Waals surface area contributed by atoms with E-state index < -0.39 is 5.78 Å². The first-order valence-corrected chi connectivity index (χ1v) is 18.0. The number of ketones is 1. The van der Waals surface area contributed by atoms with Crippen LogP contribution in [0.2, 0.25) is 0 Å². The van der Waals surface area contributed by atoms with Crippen molar-refractivity contribution in [2.75, 3.05) is 39.6 Å². The topological polar surface area (TPSA) is 92.7 Å². The van der Waals surface area contributed by atoms with Gasteiger partial charge in [-0.2, -0.15) is 0 Å². The maximum absolute atomic E-state index is 13.7. The molecule has 8 heteroatoms. The lowest BCUT2D eigenvalue weighted by atomic mass is 10.1. The normalized spacial score (nSPS) is 11.3. The number of hydrogen-bond acceptors (Lipinski definition) is 8. The molecule has 0 aliphatic carbocycles. The van der Waals surface area contributed by atoms with E-state index in [-0.39, 0.29) is 5.76 Å². The van der Waals surface area contributed by atoms with Gasteiger partial charge in [-0.05, 0) is 62.8 Å². The number of carbonyl (C=O) groups excluding carboxylic acids is 1. The van der Waals surface area contributed by atoms with Gasteiger partial charge in [0.1, 0.15) is 5.76 Å². The average Bonchev–Trinajstić information content (AvgIpc) is 3.06. The summed E-state index contributed by atoms with van der Waals surface area (Å²) in [6.45, 7) is 15.6. The second-order valence-electron chi connectivity index (χ2n) is 11.7. The highest BCUT2D eigenvalue weighted by atomic mass is 16.5. The molecule has 0 radical (unpaired) electrons. The van der Waals surface area contributed by atoms with Crippen molar-refractivity contribution in [3.63, 3.8) is 0 Å². The van der Waals surface area contributed by atoms with Crippen molar-refractivity contribution in [2.45, 2.75) is 119 Å². The Kier molecular flexibility index (Phi) is 20.0. The van der Waals surface area contributed by atoms with E-state index in [0.717, 1.165) is 77.0 Å². The van der Waals surface area contributed by atoms with E-state index in [4.69, 9.17) is 28.4 Å². The summed E-state index contributed by atoms with van der Waals surface area (Å²) in [5, 5.41) is 11.3. The summed E-state index contributed by atoms with van der Waals surface area (Å²) < 4.78 is 36.8. The fourth-order valence-corrected chi connectivity index (χ4v) is 4.39. The minimum atomic E-state index is -0.395. The highest BCUT2D eigenvalue weighted by molar-refractivity contribution is 6.08. The molecular formula is C39H60O8. The summed E-state index contributed by atoms with van der Waals surface area (Å²) in [7, 11) is 0. The third-order valence-electron chi connectivity index (χ3n) is 7.40. The number of hydrogen-bond donors (Lipinski definition) is 1. The number of aliphatic hydroxyl groups excluding tert-OH is 1. The SMILES string of the molecule is CCCCOc1cc(C(=O)/C=C(\O)c2cc(OCCCC)c(OCCCC)c(OCCCC)c2)cc(OCCCC)c1OCCCC. The van der Waals surface area contributed by atoms with Crippen LogP contribution in [-0.2, 0) is 0 Å². The summed E-state index contributed by atoms with van der Waals surface area (Å²) in [5.74, 6) is 2.33. The number of unbranched alkanes of at least 4 members (excludes halogenated alkanes) is 6. The summed E-state index contributed by atoms with van der Waals surface area (Å²) >= 11 is 0. The van der Waals surface area contributed by atoms with E-state index in [0.29, 0.717) is 85.3 Å². The van der Waals surface area contributed by atoms with Crippen molar-refractivity contribution < 1.29 is 38.3 Å². The van der Waals surface area contributed by atoms with Gasteiger partial charge in [-0.3, -0.25) is 4.79 Å². The predicted molar refractivity (Wildman–Crippen MR) is 190 cm³/mol. The van der Waals surface area contributed by atoms with Crippen molar-refractivity contribution >= 4 is 11.5 Å². The molecule has 2 rings (SSSR count). The van der Waals surface area contributed by atoms with Crippen LogP contribution >= 0.6 is 0 Å². The van der Waals surface area contributed by atoms with Gasteiger partial charge in [-0.25, -0.2) is 0 Å². The summed E-state index contributed by atoms with van der Waals surface area (Å²) in [4.78, 5) is 13.7. The fourth-order valence-electron chi connectivity index (χ4n) is 4.39. The number of rotatable bonds is 27. The third-order valence-corrected chi connectivity index (χ3v) is 7.40. The Morgan fingerprint density at radius 3 is 1.06 bits per heavy atom. The van der Waals surface area contributed by atoms with Crippen LogP contribution in [0.15, 0.2) is 30.3 Å². The zero-order chi connectivity index (χ0) is 34.3. The van der Waals surface area contributed by atoms with Crippen LogP contribution in [0.5, 0.6) is 34.5 Å². The molecule has 0 bridgehead atoms. The molecule has 0 fully saturated rings. The first-order valence-electron chi connectivity index (χ1n) is 18.0. The second-order valence-corrected chi connectivity index (χ2v) is 11.7. The molecule has 8 nitrogen and oxygen atoms in total. The van der Waals surface area contributed by atoms with Gasteiger partial charge in [0.15, 0.2) is 28.8 Å². The predicted octanol–water partition coefficient (Wildman–Crippen LogP) is 10.5. The van der Waals surface area contributed by atoms with Gasteiger partial charge in [-0.1, -0.05) is 80.1 Å². The van der Waals surface area contributed by atoms with Crippen LogP contribution in [0.3, 0.4) is 0 Å². The number of benzene rings is 2. The van der Waals surface area contributed by atoms with Crippen molar-refractivity contribution in [1.29, 1.82) is 0 Å². The van der Waals surface area contributed by atoms with Crippen LogP contribution in [0, 0.1) is 0 Å².